The number of carbonyl (C=O) groups excluding carboxylic acids is 3. The van der Waals surface area contributed by atoms with E-state index in [4.69, 9.17) is 4.74 Å². The molecular weight excluding hydrogens is 428 g/mol. The van der Waals surface area contributed by atoms with Crippen molar-refractivity contribution in [2.45, 2.75) is 33.6 Å². The molecule has 1 aromatic carbocycles. The summed E-state index contributed by atoms with van der Waals surface area (Å²) in [6.45, 7) is 8.57. The molecule has 10 nitrogen and oxygen atoms in total. The second-order valence-corrected chi connectivity index (χ2v) is 9.57. The Labute approximate surface area is 193 Å². The van der Waals surface area contributed by atoms with Gasteiger partial charge in [-0.1, -0.05) is 20.8 Å². The first-order valence-electron chi connectivity index (χ1n) is 11.3. The maximum atomic E-state index is 12.5. The average molecular weight is 461 g/mol. The quantitative estimate of drug-likeness (QED) is 0.375. The number of ether oxygens (including phenoxy) is 1. The van der Waals surface area contributed by atoms with Crippen LogP contribution in [-0.4, -0.2) is 78.4 Å². The van der Waals surface area contributed by atoms with Crippen molar-refractivity contribution in [3.05, 3.63) is 34.4 Å². The fourth-order valence-corrected chi connectivity index (χ4v) is 4.13. The van der Waals surface area contributed by atoms with Crippen LogP contribution in [0.4, 0.5) is 11.4 Å². The van der Waals surface area contributed by atoms with Crippen LogP contribution < -0.4 is 4.90 Å². The van der Waals surface area contributed by atoms with Gasteiger partial charge >= 0.3 is 5.97 Å². The highest BCUT2D eigenvalue weighted by Gasteiger charge is 2.33. The second kappa shape index (κ2) is 10.2. The van der Waals surface area contributed by atoms with E-state index in [2.05, 4.69) is 4.90 Å². The molecule has 0 radical (unpaired) electrons. The molecule has 0 atom stereocenters. The van der Waals surface area contributed by atoms with Crippen molar-refractivity contribution in [1.29, 1.82) is 0 Å². The number of hydrogen-bond donors (Lipinski definition) is 0. The Kier molecular flexibility index (Phi) is 7.55. The lowest BCUT2D eigenvalue weighted by Gasteiger charge is -2.36. The van der Waals surface area contributed by atoms with E-state index in [0.717, 1.165) is 5.69 Å². The molecule has 10 heteroatoms. The molecule has 0 saturated carbocycles. The largest absolute Gasteiger partial charge is 0.455 e. The third-order valence-electron chi connectivity index (χ3n) is 6.15. The van der Waals surface area contributed by atoms with Crippen LogP contribution >= 0.6 is 0 Å². The van der Waals surface area contributed by atoms with E-state index >= 15 is 0 Å². The molecule has 2 saturated heterocycles. The number of piperazine rings is 1. The minimum atomic E-state index is -0.442. The molecule has 0 N–H and O–H groups in total. The van der Waals surface area contributed by atoms with Gasteiger partial charge in [-0.2, -0.15) is 0 Å². The van der Waals surface area contributed by atoms with Gasteiger partial charge in [0, 0.05) is 62.5 Å². The van der Waals surface area contributed by atoms with Gasteiger partial charge in [0.2, 0.25) is 5.91 Å². The summed E-state index contributed by atoms with van der Waals surface area (Å²) in [7, 11) is 0. The van der Waals surface area contributed by atoms with Gasteiger partial charge in [-0.25, -0.2) is 0 Å². The van der Waals surface area contributed by atoms with E-state index in [0.29, 0.717) is 52.1 Å². The highest BCUT2D eigenvalue weighted by atomic mass is 16.6. The zero-order chi connectivity index (χ0) is 24.2. The van der Waals surface area contributed by atoms with Gasteiger partial charge in [-0.05, 0) is 25.0 Å². The van der Waals surface area contributed by atoms with Crippen LogP contribution in [0.5, 0.6) is 0 Å². The molecule has 33 heavy (non-hydrogen) atoms. The minimum Gasteiger partial charge on any atom is -0.455 e. The van der Waals surface area contributed by atoms with Crippen LogP contribution in [0.15, 0.2) is 24.3 Å². The summed E-state index contributed by atoms with van der Waals surface area (Å²) in [5, 5.41) is 10.8. The van der Waals surface area contributed by atoms with E-state index in [1.54, 1.807) is 21.9 Å². The molecule has 2 amide bonds. The summed E-state index contributed by atoms with van der Waals surface area (Å²) in [5.74, 6) is -0.819. The van der Waals surface area contributed by atoms with Gasteiger partial charge in [0.15, 0.2) is 6.61 Å². The lowest BCUT2D eigenvalue weighted by atomic mass is 9.91. The zero-order valence-corrected chi connectivity index (χ0v) is 19.5. The van der Waals surface area contributed by atoms with Crippen LogP contribution in [-0.2, 0) is 19.1 Å². The van der Waals surface area contributed by atoms with Crippen molar-refractivity contribution < 1.29 is 24.0 Å². The maximum Gasteiger partial charge on any atom is 0.309 e. The number of esters is 1. The number of anilines is 1. The van der Waals surface area contributed by atoms with Gasteiger partial charge in [0.1, 0.15) is 0 Å². The van der Waals surface area contributed by atoms with Gasteiger partial charge in [-0.15, -0.1) is 0 Å². The lowest BCUT2D eigenvalue weighted by Crippen LogP contribution is -2.50. The second-order valence-electron chi connectivity index (χ2n) is 9.57. The Morgan fingerprint density at radius 1 is 0.970 bits per heavy atom. The monoisotopic (exact) mass is 460 g/mol. The first-order valence-corrected chi connectivity index (χ1v) is 11.3. The number of benzene rings is 1. The third kappa shape index (κ3) is 6.21. The number of amides is 2. The Bertz CT molecular complexity index is 879. The number of hydrogen-bond acceptors (Lipinski definition) is 7. The molecule has 0 spiro atoms. The predicted octanol–water partition coefficient (Wildman–Crippen LogP) is 2.07. The van der Waals surface area contributed by atoms with Crippen LogP contribution in [0.3, 0.4) is 0 Å². The third-order valence-corrected chi connectivity index (χ3v) is 6.15. The van der Waals surface area contributed by atoms with Gasteiger partial charge in [-0.3, -0.25) is 24.5 Å². The van der Waals surface area contributed by atoms with Crippen LogP contribution in [0, 0.1) is 21.4 Å². The fourth-order valence-electron chi connectivity index (χ4n) is 4.13. The summed E-state index contributed by atoms with van der Waals surface area (Å²) in [6.07, 6.45) is 1.09. The summed E-state index contributed by atoms with van der Waals surface area (Å²) >= 11 is 0. The number of nitro groups is 1. The van der Waals surface area contributed by atoms with E-state index < -0.39 is 10.3 Å². The number of likely N-dealkylation sites (tertiary alicyclic amines) is 1. The van der Waals surface area contributed by atoms with Crippen molar-refractivity contribution in [1.82, 2.24) is 9.80 Å². The predicted molar refractivity (Wildman–Crippen MR) is 122 cm³/mol. The number of nitro benzene ring substituents is 1. The Hall–Kier alpha value is -3.17. The van der Waals surface area contributed by atoms with Crippen molar-refractivity contribution in [3.63, 3.8) is 0 Å². The molecule has 2 fully saturated rings. The number of carbonyl (C=O) groups is 3. The zero-order valence-electron chi connectivity index (χ0n) is 19.5. The van der Waals surface area contributed by atoms with Crippen LogP contribution in [0.25, 0.3) is 0 Å². The Morgan fingerprint density at radius 3 is 2.06 bits per heavy atom. The molecule has 2 aliphatic heterocycles. The van der Waals surface area contributed by atoms with Crippen molar-refractivity contribution >= 4 is 29.2 Å². The summed E-state index contributed by atoms with van der Waals surface area (Å²) < 4.78 is 5.30. The highest BCUT2D eigenvalue weighted by Crippen LogP contribution is 2.24. The Morgan fingerprint density at radius 2 is 1.55 bits per heavy atom. The number of piperidine rings is 1. The van der Waals surface area contributed by atoms with E-state index in [9.17, 15) is 24.5 Å². The van der Waals surface area contributed by atoms with E-state index in [-0.39, 0.29) is 36.0 Å². The molecule has 0 aromatic heterocycles. The first-order chi connectivity index (χ1) is 15.6. The number of rotatable bonds is 5. The van der Waals surface area contributed by atoms with Gasteiger partial charge < -0.3 is 19.4 Å². The lowest BCUT2D eigenvalue weighted by molar-refractivity contribution is -0.384. The molecule has 180 valence electrons. The highest BCUT2D eigenvalue weighted by molar-refractivity contribution is 5.83. The normalized spacial score (nSPS) is 17.6. The average Bonchev–Trinajstić information content (AvgIpc) is 2.81. The minimum absolute atomic E-state index is 0.0425. The smallest absolute Gasteiger partial charge is 0.309 e. The van der Waals surface area contributed by atoms with Crippen molar-refractivity contribution in [2.24, 2.45) is 11.3 Å². The van der Waals surface area contributed by atoms with Crippen LogP contribution in [0.1, 0.15) is 33.6 Å². The van der Waals surface area contributed by atoms with E-state index in [1.807, 2.05) is 20.8 Å². The molecule has 1 aromatic rings. The molecule has 2 heterocycles. The molecule has 0 aliphatic carbocycles. The first kappa shape index (κ1) is 24.5. The molecule has 3 rings (SSSR count). The SMILES string of the molecule is CC(C)(C)C(=O)N1CCC(C(=O)OCC(=O)N2CCN(c3ccc([N+](=O)[O-])cc3)CC2)CC1. The van der Waals surface area contributed by atoms with Crippen LogP contribution in [0.2, 0.25) is 0 Å². The Balaban J connectivity index is 1.39. The fraction of sp³-hybridized carbons (Fsp3) is 0.609. The van der Waals surface area contributed by atoms with Crippen molar-refractivity contribution in [3.8, 4) is 0 Å². The standard InChI is InChI=1S/C23H32N4O6/c1-23(2,3)22(30)26-10-8-17(9-11-26)21(29)33-16-20(28)25-14-12-24(13-15-25)18-4-6-19(7-5-18)27(31)32/h4-7,17H,8-16H2,1-3H3. The molecular formula is C23H32N4O6. The summed E-state index contributed by atoms with van der Waals surface area (Å²) in [5.41, 5.74) is 0.471. The number of nitrogens with zero attached hydrogens (tertiary/aromatic N) is 4. The molecule has 2 aliphatic rings. The van der Waals surface area contributed by atoms with Crippen molar-refractivity contribution in [2.75, 3.05) is 50.8 Å². The molecule has 0 unspecified atom stereocenters. The molecule has 0 bridgehead atoms. The maximum absolute atomic E-state index is 12.5. The number of non-ortho nitro benzene ring substituents is 1. The van der Waals surface area contributed by atoms with Gasteiger partial charge in [0.05, 0.1) is 10.8 Å². The van der Waals surface area contributed by atoms with E-state index in [1.165, 1.54) is 12.1 Å². The topological polar surface area (TPSA) is 113 Å². The van der Waals surface area contributed by atoms with Gasteiger partial charge in [0.25, 0.3) is 11.6 Å². The summed E-state index contributed by atoms with van der Waals surface area (Å²) in [6, 6.07) is 6.35. The summed E-state index contributed by atoms with van der Waals surface area (Å²) in [4.78, 5) is 53.2.